The van der Waals surface area contributed by atoms with Crippen molar-refractivity contribution in [3.63, 3.8) is 0 Å². The summed E-state index contributed by atoms with van der Waals surface area (Å²) in [5.41, 5.74) is 2.80. The Morgan fingerprint density at radius 1 is 1.19 bits per heavy atom. The molecular weight excluding hydrogens is 258 g/mol. The highest BCUT2D eigenvalue weighted by Crippen LogP contribution is 2.23. The minimum Gasteiger partial charge on any atom is -0.346 e. The molecule has 1 aromatic carbocycles. The van der Waals surface area contributed by atoms with Gasteiger partial charge in [0.1, 0.15) is 0 Å². The van der Waals surface area contributed by atoms with E-state index in [0.717, 1.165) is 38.8 Å². The molecule has 114 valence electrons. The molecule has 1 aliphatic rings. The quantitative estimate of drug-likeness (QED) is 0.803. The monoisotopic (exact) mass is 285 g/mol. The Hall–Kier alpha value is -1.32. The van der Waals surface area contributed by atoms with E-state index in [1.165, 1.54) is 29.3 Å². The number of fused-ring (bicyclic) bond motifs is 1. The van der Waals surface area contributed by atoms with Crippen LogP contribution in [-0.4, -0.2) is 35.1 Å². The van der Waals surface area contributed by atoms with Gasteiger partial charge in [-0.05, 0) is 43.6 Å². The van der Waals surface area contributed by atoms with Gasteiger partial charge in [-0.25, -0.2) is 0 Å². The number of nitrogens with zero attached hydrogens (tertiary/aromatic N) is 2. The van der Waals surface area contributed by atoms with E-state index in [0.29, 0.717) is 0 Å². The Morgan fingerprint density at radius 3 is 2.71 bits per heavy atom. The topological polar surface area (TPSA) is 20.2 Å². The van der Waals surface area contributed by atoms with Crippen molar-refractivity contribution < 1.29 is 0 Å². The van der Waals surface area contributed by atoms with Crippen LogP contribution in [0.1, 0.15) is 32.3 Å². The van der Waals surface area contributed by atoms with Crippen LogP contribution in [0.5, 0.6) is 0 Å². The average Bonchev–Trinajstić information content (AvgIpc) is 3.26. The molecule has 1 aliphatic carbocycles. The van der Waals surface area contributed by atoms with Gasteiger partial charge in [-0.2, -0.15) is 0 Å². The fraction of sp³-hybridized carbons (Fsp3) is 0.556. The molecule has 3 nitrogen and oxygen atoms in total. The van der Waals surface area contributed by atoms with Crippen molar-refractivity contribution in [2.45, 2.75) is 45.8 Å². The largest absolute Gasteiger partial charge is 0.346 e. The van der Waals surface area contributed by atoms with Gasteiger partial charge in [-0.15, -0.1) is 0 Å². The minimum absolute atomic E-state index is 0.769. The zero-order valence-corrected chi connectivity index (χ0v) is 13.3. The molecule has 1 fully saturated rings. The van der Waals surface area contributed by atoms with Gasteiger partial charge in [-0.1, -0.05) is 26.0 Å². The first-order valence-corrected chi connectivity index (χ1v) is 8.34. The molecule has 3 heteroatoms. The maximum atomic E-state index is 3.63. The number of aromatic nitrogens is 1. The standard InChI is InChI=1S/C18H27N3/c1-3-20(4-2)12-13-21-11-10-17-15(6-5-7-18(17)21)14-19-16-8-9-16/h5-7,10-11,16,19H,3-4,8-9,12-14H2,1-2H3. The second-order valence-corrected chi connectivity index (χ2v) is 6.04. The van der Waals surface area contributed by atoms with Gasteiger partial charge in [0.05, 0.1) is 0 Å². The predicted molar refractivity (Wildman–Crippen MR) is 89.6 cm³/mol. The summed E-state index contributed by atoms with van der Waals surface area (Å²) in [6, 6.07) is 9.75. The second kappa shape index (κ2) is 6.63. The lowest BCUT2D eigenvalue weighted by molar-refractivity contribution is 0.292. The molecule has 1 N–H and O–H groups in total. The molecule has 2 aromatic rings. The van der Waals surface area contributed by atoms with E-state index in [1.807, 2.05) is 0 Å². The molecule has 0 unspecified atom stereocenters. The Bertz CT molecular complexity index is 579. The summed E-state index contributed by atoms with van der Waals surface area (Å²) in [7, 11) is 0. The molecule has 1 aromatic heterocycles. The summed E-state index contributed by atoms with van der Waals surface area (Å²) < 4.78 is 2.40. The smallest absolute Gasteiger partial charge is 0.0483 e. The van der Waals surface area contributed by atoms with E-state index >= 15 is 0 Å². The van der Waals surface area contributed by atoms with Crippen molar-refractivity contribution in [3.8, 4) is 0 Å². The summed E-state index contributed by atoms with van der Waals surface area (Å²) in [5, 5.41) is 5.03. The van der Waals surface area contributed by atoms with Crippen molar-refractivity contribution >= 4 is 10.9 Å². The number of rotatable bonds is 8. The molecule has 0 amide bonds. The third-order valence-corrected chi connectivity index (χ3v) is 4.61. The number of hydrogen-bond acceptors (Lipinski definition) is 2. The molecule has 21 heavy (non-hydrogen) atoms. The molecule has 3 rings (SSSR count). The van der Waals surface area contributed by atoms with Gasteiger partial charge >= 0.3 is 0 Å². The molecule has 1 heterocycles. The summed E-state index contributed by atoms with van der Waals surface area (Å²) in [5.74, 6) is 0. The number of hydrogen-bond donors (Lipinski definition) is 1. The highest BCUT2D eigenvalue weighted by atomic mass is 15.1. The van der Waals surface area contributed by atoms with Gasteiger partial charge in [0.25, 0.3) is 0 Å². The van der Waals surface area contributed by atoms with Gasteiger partial charge in [-0.3, -0.25) is 0 Å². The fourth-order valence-electron chi connectivity index (χ4n) is 2.97. The van der Waals surface area contributed by atoms with Crippen LogP contribution in [0.15, 0.2) is 30.5 Å². The van der Waals surface area contributed by atoms with E-state index in [1.54, 1.807) is 0 Å². The van der Waals surface area contributed by atoms with Crippen molar-refractivity contribution in [2.24, 2.45) is 0 Å². The van der Waals surface area contributed by atoms with E-state index < -0.39 is 0 Å². The third kappa shape index (κ3) is 3.47. The van der Waals surface area contributed by atoms with Crippen LogP contribution in [0.2, 0.25) is 0 Å². The highest BCUT2D eigenvalue weighted by molar-refractivity contribution is 5.83. The first-order chi connectivity index (χ1) is 10.3. The normalized spacial score (nSPS) is 15.2. The van der Waals surface area contributed by atoms with Crippen molar-refractivity contribution in [1.29, 1.82) is 0 Å². The van der Waals surface area contributed by atoms with E-state index in [4.69, 9.17) is 0 Å². The lowest BCUT2D eigenvalue weighted by Gasteiger charge is -2.18. The molecule has 0 atom stereocenters. The number of likely N-dealkylation sites (N-methyl/N-ethyl adjacent to an activating group) is 1. The van der Waals surface area contributed by atoms with E-state index in [9.17, 15) is 0 Å². The lowest BCUT2D eigenvalue weighted by atomic mass is 10.1. The van der Waals surface area contributed by atoms with Crippen LogP contribution in [0.4, 0.5) is 0 Å². The van der Waals surface area contributed by atoms with Crippen molar-refractivity contribution in [2.75, 3.05) is 19.6 Å². The van der Waals surface area contributed by atoms with Crippen LogP contribution in [0.25, 0.3) is 10.9 Å². The SMILES string of the molecule is CCN(CC)CCn1ccc2c(CNC3CC3)cccc21. The molecule has 0 saturated heterocycles. The number of nitrogens with one attached hydrogen (secondary N) is 1. The Morgan fingerprint density at radius 2 is 2.00 bits per heavy atom. The number of benzene rings is 1. The van der Waals surface area contributed by atoms with Crippen molar-refractivity contribution in [3.05, 3.63) is 36.0 Å². The molecule has 0 bridgehead atoms. The van der Waals surface area contributed by atoms with Crippen molar-refractivity contribution in [1.82, 2.24) is 14.8 Å². The first kappa shape index (κ1) is 14.6. The molecular formula is C18H27N3. The zero-order chi connectivity index (χ0) is 14.7. The minimum atomic E-state index is 0.769. The predicted octanol–water partition coefficient (Wildman–Crippen LogP) is 3.24. The van der Waals surface area contributed by atoms with E-state index in [-0.39, 0.29) is 0 Å². The maximum absolute atomic E-state index is 3.63. The summed E-state index contributed by atoms with van der Waals surface area (Å²) in [6.45, 7) is 9.93. The van der Waals surface area contributed by atoms with Crippen LogP contribution in [0, 0.1) is 0 Å². The first-order valence-electron chi connectivity index (χ1n) is 8.34. The van der Waals surface area contributed by atoms with Crippen LogP contribution >= 0.6 is 0 Å². The Kier molecular flexibility index (Phi) is 4.61. The molecule has 1 saturated carbocycles. The van der Waals surface area contributed by atoms with Gasteiger partial charge in [0, 0.05) is 42.8 Å². The Labute approximate surface area is 127 Å². The molecule has 0 aliphatic heterocycles. The highest BCUT2D eigenvalue weighted by Gasteiger charge is 2.20. The van der Waals surface area contributed by atoms with Crippen LogP contribution in [0.3, 0.4) is 0 Å². The maximum Gasteiger partial charge on any atom is 0.0483 e. The lowest BCUT2D eigenvalue weighted by Crippen LogP contribution is -2.26. The second-order valence-electron chi connectivity index (χ2n) is 6.04. The average molecular weight is 285 g/mol. The Balaban J connectivity index is 1.72. The van der Waals surface area contributed by atoms with E-state index in [2.05, 4.69) is 59.1 Å². The zero-order valence-electron chi connectivity index (χ0n) is 13.3. The van der Waals surface area contributed by atoms with Gasteiger partial charge in [0.15, 0.2) is 0 Å². The van der Waals surface area contributed by atoms with Crippen LogP contribution in [-0.2, 0) is 13.1 Å². The fourth-order valence-corrected chi connectivity index (χ4v) is 2.97. The van der Waals surface area contributed by atoms with Crippen LogP contribution < -0.4 is 5.32 Å². The van der Waals surface area contributed by atoms with Gasteiger partial charge in [0.2, 0.25) is 0 Å². The molecule has 0 spiro atoms. The summed E-state index contributed by atoms with van der Waals surface area (Å²) in [4.78, 5) is 2.48. The van der Waals surface area contributed by atoms with Gasteiger partial charge < -0.3 is 14.8 Å². The summed E-state index contributed by atoms with van der Waals surface area (Å²) >= 11 is 0. The molecule has 0 radical (unpaired) electrons. The summed E-state index contributed by atoms with van der Waals surface area (Å²) in [6.07, 6.45) is 4.94. The third-order valence-electron chi connectivity index (χ3n) is 4.61.